The quantitative estimate of drug-likeness (QED) is 0.615. The molecule has 8 nitrogen and oxygen atoms in total. The molecule has 100 valence electrons. The Hall–Kier alpha value is -2.25. The molecular weight excluding hydrogens is 248 g/mol. The number of hydrogen-bond acceptors (Lipinski definition) is 5. The van der Waals surface area contributed by atoms with E-state index in [2.05, 4.69) is 15.2 Å². The highest BCUT2D eigenvalue weighted by atomic mass is 16.6. The molecule has 0 spiro atoms. The van der Waals surface area contributed by atoms with Gasteiger partial charge in [0.25, 0.3) is 0 Å². The molecule has 0 aliphatic heterocycles. The van der Waals surface area contributed by atoms with Crippen LogP contribution in [0.15, 0.2) is 12.5 Å². The van der Waals surface area contributed by atoms with Gasteiger partial charge in [-0.05, 0) is 19.8 Å². The summed E-state index contributed by atoms with van der Waals surface area (Å²) in [6.07, 6.45) is 4.86. The van der Waals surface area contributed by atoms with Crippen LogP contribution in [-0.2, 0) is 7.05 Å². The molecule has 0 unspecified atom stereocenters. The van der Waals surface area contributed by atoms with E-state index in [0.717, 1.165) is 18.7 Å². The summed E-state index contributed by atoms with van der Waals surface area (Å²) < 4.78 is 3.48. The minimum atomic E-state index is -0.391. The molecule has 0 amide bonds. The molecule has 0 aromatic carbocycles. The van der Waals surface area contributed by atoms with Gasteiger partial charge in [-0.15, -0.1) is 0 Å². The Morgan fingerprint density at radius 1 is 1.47 bits per heavy atom. The fraction of sp³-hybridized carbons (Fsp3) is 0.545. The van der Waals surface area contributed by atoms with Crippen molar-refractivity contribution >= 4 is 5.69 Å². The average Bonchev–Trinajstić information content (AvgIpc) is 2.84. The summed E-state index contributed by atoms with van der Waals surface area (Å²) in [5.74, 6) is 1.33. The van der Waals surface area contributed by atoms with E-state index in [1.165, 1.54) is 6.20 Å². The van der Waals surface area contributed by atoms with Gasteiger partial charge in [-0.1, -0.05) is 0 Å². The molecule has 0 atom stereocenters. The lowest BCUT2D eigenvalue weighted by molar-refractivity contribution is -0.385. The van der Waals surface area contributed by atoms with Crippen molar-refractivity contribution in [1.29, 1.82) is 0 Å². The maximum atomic E-state index is 10.8. The van der Waals surface area contributed by atoms with E-state index in [4.69, 9.17) is 0 Å². The zero-order valence-corrected chi connectivity index (χ0v) is 10.7. The van der Waals surface area contributed by atoms with Crippen LogP contribution in [-0.4, -0.2) is 29.5 Å². The standard InChI is InChI=1S/C11H14N6O2/c1-7-10(17(18)19)5-16(14-7)9-3-8(4-9)11-12-6-13-15(11)2/h5-6,8-9H,3-4H2,1-2H3. The van der Waals surface area contributed by atoms with Crippen molar-refractivity contribution in [2.24, 2.45) is 7.05 Å². The second kappa shape index (κ2) is 4.15. The monoisotopic (exact) mass is 262 g/mol. The summed E-state index contributed by atoms with van der Waals surface area (Å²) in [5, 5.41) is 19.1. The summed E-state index contributed by atoms with van der Waals surface area (Å²) in [7, 11) is 1.87. The first-order chi connectivity index (χ1) is 9.06. The number of hydrogen-bond donors (Lipinski definition) is 0. The van der Waals surface area contributed by atoms with Gasteiger partial charge in [0.15, 0.2) is 0 Å². The Balaban J connectivity index is 1.72. The molecule has 3 rings (SSSR count). The van der Waals surface area contributed by atoms with Crippen molar-refractivity contribution < 1.29 is 4.92 Å². The number of nitrogens with zero attached hydrogens (tertiary/aromatic N) is 6. The third kappa shape index (κ3) is 1.88. The van der Waals surface area contributed by atoms with E-state index in [9.17, 15) is 10.1 Å². The van der Waals surface area contributed by atoms with Gasteiger partial charge < -0.3 is 0 Å². The maximum Gasteiger partial charge on any atom is 0.309 e. The third-order valence-electron chi connectivity index (χ3n) is 3.69. The minimum absolute atomic E-state index is 0.0853. The Labute approximate surface area is 109 Å². The van der Waals surface area contributed by atoms with Gasteiger partial charge in [0.2, 0.25) is 0 Å². The van der Waals surface area contributed by atoms with Gasteiger partial charge in [-0.25, -0.2) is 4.98 Å². The highest BCUT2D eigenvalue weighted by molar-refractivity contribution is 5.31. The van der Waals surface area contributed by atoms with Crippen LogP contribution in [0, 0.1) is 17.0 Å². The Morgan fingerprint density at radius 3 is 2.74 bits per heavy atom. The molecule has 0 saturated heterocycles. The van der Waals surface area contributed by atoms with Gasteiger partial charge >= 0.3 is 5.69 Å². The SMILES string of the molecule is Cc1nn(C2CC(c3ncnn3C)C2)cc1[N+](=O)[O-]. The number of rotatable bonds is 3. The van der Waals surface area contributed by atoms with Crippen molar-refractivity contribution in [3.63, 3.8) is 0 Å². The van der Waals surface area contributed by atoms with Crippen molar-refractivity contribution in [3.8, 4) is 0 Å². The summed E-state index contributed by atoms with van der Waals surface area (Å²) in [5.41, 5.74) is 0.550. The molecule has 1 fully saturated rings. The Morgan fingerprint density at radius 2 is 2.21 bits per heavy atom. The lowest BCUT2D eigenvalue weighted by Gasteiger charge is -2.34. The highest BCUT2D eigenvalue weighted by Crippen LogP contribution is 2.43. The molecule has 19 heavy (non-hydrogen) atoms. The van der Waals surface area contributed by atoms with Crippen LogP contribution in [0.5, 0.6) is 0 Å². The van der Waals surface area contributed by atoms with Crippen LogP contribution in [0.2, 0.25) is 0 Å². The first kappa shape index (κ1) is 11.8. The molecule has 0 N–H and O–H groups in total. The highest BCUT2D eigenvalue weighted by Gasteiger charge is 2.35. The second-order valence-corrected chi connectivity index (χ2v) is 4.90. The van der Waals surface area contributed by atoms with Gasteiger partial charge in [0, 0.05) is 13.0 Å². The normalized spacial score (nSPS) is 22.2. The Bertz CT molecular complexity index is 625. The van der Waals surface area contributed by atoms with Crippen LogP contribution in [0.3, 0.4) is 0 Å². The van der Waals surface area contributed by atoms with Crippen LogP contribution in [0.25, 0.3) is 0 Å². The van der Waals surface area contributed by atoms with E-state index in [1.807, 2.05) is 7.05 Å². The molecule has 1 aliphatic rings. The summed E-state index contributed by atoms with van der Waals surface area (Å²) >= 11 is 0. The topological polar surface area (TPSA) is 91.7 Å². The fourth-order valence-electron chi connectivity index (χ4n) is 2.53. The lowest BCUT2D eigenvalue weighted by atomic mass is 9.80. The van der Waals surface area contributed by atoms with Crippen molar-refractivity contribution in [2.75, 3.05) is 0 Å². The molecule has 2 aromatic heterocycles. The molecule has 0 bridgehead atoms. The van der Waals surface area contributed by atoms with Gasteiger partial charge in [0.05, 0.1) is 11.0 Å². The Kier molecular flexibility index (Phi) is 2.58. The predicted octanol–water partition coefficient (Wildman–Crippen LogP) is 1.35. The smallest absolute Gasteiger partial charge is 0.262 e. The van der Waals surface area contributed by atoms with Crippen molar-refractivity contribution in [1.82, 2.24) is 24.5 Å². The summed E-state index contributed by atoms with van der Waals surface area (Å²) in [4.78, 5) is 14.6. The first-order valence-electron chi connectivity index (χ1n) is 6.10. The van der Waals surface area contributed by atoms with Crippen LogP contribution < -0.4 is 0 Å². The second-order valence-electron chi connectivity index (χ2n) is 4.90. The van der Waals surface area contributed by atoms with Gasteiger partial charge in [-0.2, -0.15) is 10.2 Å². The van der Waals surface area contributed by atoms with Gasteiger partial charge in [-0.3, -0.25) is 19.5 Å². The number of aryl methyl sites for hydroxylation is 2. The molecular formula is C11H14N6O2. The largest absolute Gasteiger partial charge is 0.309 e. The van der Waals surface area contributed by atoms with Crippen LogP contribution in [0.1, 0.15) is 36.3 Å². The third-order valence-corrected chi connectivity index (χ3v) is 3.69. The minimum Gasteiger partial charge on any atom is -0.262 e. The summed E-state index contributed by atoms with van der Waals surface area (Å²) in [6, 6.07) is 0.217. The fourth-order valence-corrected chi connectivity index (χ4v) is 2.53. The van der Waals surface area contributed by atoms with Gasteiger partial charge in [0.1, 0.15) is 24.0 Å². The zero-order chi connectivity index (χ0) is 13.6. The summed E-state index contributed by atoms with van der Waals surface area (Å²) in [6.45, 7) is 1.66. The van der Waals surface area contributed by atoms with E-state index in [-0.39, 0.29) is 11.7 Å². The predicted molar refractivity (Wildman–Crippen MR) is 65.6 cm³/mol. The van der Waals surface area contributed by atoms with Crippen LogP contribution >= 0.6 is 0 Å². The maximum absolute atomic E-state index is 10.8. The van der Waals surface area contributed by atoms with Crippen molar-refractivity contribution in [2.45, 2.75) is 31.7 Å². The van der Waals surface area contributed by atoms with E-state index in [0.29, 0.717) is 11.6 Å². The molecule has 1 aliphatic carbocycles. The average molecular weight is 262 g/mol. The van der Waals surface area contributed by atoms with E-state index >= 15 is 0 Å². The molecule has 2 aromatic rings. The number of aromatic nitrogens is 5. The van der Waals surface area contributed by atoms with E-state index in [1.54, 1.807) is 22.6 Å². The first-order valence-corrected chi connectivity index (χ1v) is 6.10. The molecule has 0 radical (unpaired) electrons. The molecule has 2 heterocycles. The van der Waals surface area contributed by atoms with Crippen LogP contribution in [0.4, 0.5) is 5.69 Å². The van der Waals surface area contributed by atoms with Crippen molar-refractivity contribution in [3.05, 3.63) is 34.2 Å². The number of nitro groups is 1. The molecule has 1 saturated carbocycles. The molecule has 8 heteroatoms. The van der Waals surface area contributed by atoms with E-state index < -0.39 is 4.92 Å². The zero-order valence-electron chi connectivity index (χ0n) is 10.7. The lowest BCUT2D eigenvalue weighted by Crippen LogP contribution is -2.27.